The van der Waals surface area contributed by atoms with Crippen LogP contribution in [0.4, 0.5) is 11.6 Å². The van der Waals surface area contributed by atoms with Gasteiger partial charge >= 0.3 is 0 Å². The largest absolute Gasteiger partial charge is 0.370 e. The number of nitrogens with two attached hydrogens (primary N) is 1. The van der Waals surface area contributed by atoms with E-state index in [0.29, 0.717) is 5.92 Å². The first kappa shape index (κ1) is 15.8. The number of aromatic nitrogens is 4. The normalized spacial score (nSPS) is 16.9. The summed E-state index contributed by atoms with van der Waals surface area (Å²) in [6, 6.07) is 14.7. The van der Waals surface area contributed by atoms with Gasteiger partial charge in [-0.25, -0.2) is 15.0 Å². The van der Waals surface area contributed by atoms with Crippen molar-refractivity contribution in [2.45, 2.75) is 12.3 Å². The van der Waals surface area contributed by atoms with E-state index in [1.165, 1.54) is 11.3 Å². The molecule has 5 rings (SSSR count). The number of pyridine rings is 1. The van der Waals surface area contributed by atoms with Crippen LogP contribution < -0.4 is 10.6 Å². The number of H-pyrrole nitrogens is 1. The minimum absolute atomic E-state index is 0.276. The summed E-state index contributed by atoms with van der Waals surface area (Å²) in [6.45, 7) is 2.02. The van der Waals surface area contributed by atoms with Crippen LogP contribution in [0.25, 0.3) is 22.3 Å². The molecule has 1 atom stereocenters. The summed E-state index contributed by atoms with van der Waals surface area (Å²) in [6.07, 6.45) is 6.65. The van der Waals surface area contributed by atoms with Gasteiger partial charge in [0.2, 0.25) is 5.95 Å². The number of benzene rings is 1. The molecular formula is C21H20N6. The second-order valence-electron chi connectivity index (χ2n) is 6.90. The maximum absolute atomic E-state index is 5.79. The van der Waals surface area contributed by atoms with Gasteiger partial charge in [0.1, 0.15) is 5.65 Å². The van der Waals surface area contributed by atoms with Gasteiger partial charge in [0.05, 0.1) is 16.8 Å². The van der Waals surface area contributed by atoms with Gasteiger partial charge in [-0.1, -0.05) is 30.3 Å². The Hall–Kier alpha value is -3.41. The fourth-order valence-corrected chi connectivity index (χ4v) is 4.00. The summed E-state index contributed by atoms with van der Waals surface area (Å²) in [5, 5.41) is 1.09. The third-order valence-corrected chi connectivity index (χ3v) is 5.30. The first-order chi connectivity index (χ1) is 13.3. The summed E-state index contributed by atoms with van der Waals surface area (Å²) in [7, 11) is 0. The first-order valence-electron chi connectivity index (χ1n) is 9.14. The highest BCUT2D eigenvalue weighted by atomic mass is 15.2. The molecule has 6 nitrogen and oxygen atoms in total. The topological polar surface area (TPSA) is 83.7 Å². The number of nitrogens with one attached hydrogen (secondary N) is 1. The van der Waals surface area contributed by atoms with Gasteiger partial charge in [-0.2, -0.15) is 0 Å². The quantitative estimate of drug-likeness (QED) is 0.586. The van der Waals surface area contributed by atoms with Crippen LogP contribution in [0.5, 0.6) is 0 Å². The monoisotopic (exact) mass is 356 g/mol. The van der Waals surface area contributed by atoms with Crippen molar-refractivity contribution in [3.8, 4) is 11.3 Å². The Labute approximate surface area is 157 Å². The number of anilines is 2. The van der Waals surface area contributed by atoms with Gasteiger partial charge in [0.15, 0.2) is 0 Å². The minimum Gasteiger partial charge on any atom is -0.370 e. The molecule has 0 radical (unpaired) electrons. The molecule has 4 aromatic rings. The third-order valence-electron chi connectivity index (χ3n) is 5.30. The molecule has 134 valence electrons. The standard InChI is InChI=1S/C21H20N6/c22-21-24-9-6-17(26-21)16-12-25-20-19(16)18(7-10-23-20)27-11-8-15(13-27)14-4-2-1-3-5-14/h1-7,9-10,12,15H,8,11,13H2,(H,23,25)(H2,22,24,26)/t15-/m0/s1. The first-order valence-corrected chi connectivity index (χ1v) is 9.14. The fourth-order valence-electron chi connectivity index (χ4n) is 4.00. The molecule has 4 heterocycles. The van der Waals surface area contributed by atoms with E-state index in [0.717, 1.165) is 41.8 Å². The zero-order chi connectivity index (χ0) is 18.2. The van der Waals surface area contributed by atoms with Crippen LogP contribution in [0.2, 0.25) is 0 Å². The summed E-state index contributed by atoms with van der Waals surface area (Å²) in [4.78, 5) is 18.6. The van der Waals surface area contributed by atoms with Crippen LogP contribution in [0.3, 0.4) is 0 Å². The zero-order valence-electron chi connectivity index (χ0n) is 14.8. The molecule has 0 saturated carbocycles. The summed E-state index contributed by atoms with van der Waals surface area (Å²) in [5.41, 5.74) is 11.1. The van der Waals surface area contributed by atoms with Crippen LogP contribution in [0, 0.1) is 0 Å². The van der Waals surface area contributed by atoms with Crippen molar-refractivity contribution in [3.63, 3.8) is 0 Å². The van der Waals surface area contributed by atoms with Crippen LogP contribution in [0.1, 0.15) is 17.9 Å². The molecule has 27 heavy (non-hydrogen) atoms. The van der Waals surface area contributed by atoms with Crippen molar-refractivity contribution in [2.24, 2.45) is 0 Å². The molecule has 3 N–H and O–H groups in total. The van der Waals surface area contributed by atoms with Gasteiger partial charge in [0.25, 0.3) is 0 Å². The Morgan fingerprint density at radius 2 is 1.89 bits per heavy atom. The Morgan fingerprint density at radius 1 is 1.04 bits per heavy atom. The number of nitrogen functional groups attached to an aromatic ring is 1. The maximum Gasteiger partial charge on any atom is 0.220 e. The van der Waals surface area contributed by atoms with Gasteiger partial charge in [0, 0.05) is 43.2 Å². The molecule has 0 unspecified atom stereocenters. The number of nitrogens with zero attached hydrogens (tertiary/aromatic N) is 4. The van der Waals surface area contributed by atoms with Gasteiger partial charge in [-0.3, -0.25) is 0 Å². The van der Waals surface area contributed by atoms with E-state index in [-0.39, 0.29) is 5.95 Å². The van der Waals surface area contributed by atoms with Gasteiger partial charge in [-0.05, 0) is 24.1 Å². The van der Waals surface area contributed by atoms with Gasteiger partial charge in [-0.15, -0.1) is 0 Å². The van der Waals surface area contributed by atoms with E-state index in [9.17, 15) is 0 Å². The summed E-state index contributed by atoms with van der Waals surface area (Å²) in [5.74, 6) is 0.823. The number of rotatable bonds is 3. The van der Waals surface area contributed by atoms with Crippen LogP contribution >= 0.6 is 0 Å². The molecule has 1 fully saturated rings. The second-order valence-corrected chi connectivity index (χ2v) is 6.90. The lowest BCUT2D eigenvalue weighted by Gasteiger charge is -2.20. The molecule has 0 bridgehead atoms. The SMILES string of the molecule is Nc1nccc(-c2c[nH]c3nccc(N4CC[C@H](c5ccccc5)C4)c23)n1. The van der Waals surface area contributed by atoms with Crippen molar-refractivity contribution in [1.29, 1.82) is 0 Å². The van der Waals surface area contributed by atoms with Crippen molar-refractivity contribution in [3.05, 3.63) is 66.6 Å². The molecule has 6 heteroatoms. The van der Waals surface area contributed by atoms with Crippen molar-refractivity contribution >= 4 is 22.7 Å². The smallest absolute Gasteiger partial charge is 0.220 e. The highest BCUT2D eigenvalue weighted by Crippen LogP contribution is 2.38. The molecular weight excluding hydrogens is 336 g/mol. The van der Waals surface area contributed by atoms with E-state index < -0.39 is 0 Å². The Balaban J connectivity index is 1.55. The molecule has 1 aliphatic heterocycles. The summed E-state index contributed by atoms with van der Waals surface area (Å²) >= 11 is 0. The van der Waals surface area contributed by atoms with Crippen LogP contribution in [0.15, 0.2) is 61.1 Å². The number of hydrogen-bond donors (Lipinski definition) is 2. The Kier molecular flexibility index (Phi) is 3.74. The maximum atomic E-state index is 5.79. The highest BCUT2D eigenvalue weighted by molar-refractivity contribution is 6.02. The van der Waals surface area contributed by atoms with Crippen molar-refractivity contribution in [1.82, 2.24) is 19.9 Å². The van der Waals surface area contributed by atoms with E-state index in [1.807, 2.05) is 18.5 Å². The fraction of sp³-hybridized carbons (Fsp3) is 0.190. The number of hydrogen-bond acceptors (Lipinski definition) is 5. The van der Waals surface area contributed by atoms with E-state index in [4.69, 9.17) is 5.73 Å². The molecule has 1 aliphatic rings. The highest BCUT2D eigenvalue weighted by Gasteiger charge is 2.26. The van der Waals surface area contributed by atoms with Crippen molar-refractivity contribution in [2.75, 3.05) is 23.7 Å². The van der Waals surface area contributed by atoms with E-state index in [2.05, 4.69) is 61.2 Å². The number of aromatic amines is 1. The Bertz CT molecular complexity index is 1090. The summed E-state index contributed by atoms with van der Waals surface area (Å²) < 4.78 is 0. The molecule has 0 spiro atoms. The predicted octanol–water partition coefficient (Wildman–Crippen LogP) is 3.60. The van der Waals surface area contributed by atoms with Crippen LogP contribution in [-0.4, -0.2) is 33.0 Å². The van der Waals surface area contributed by atoms with Crippen molar-refractivity contribution < 1.29 is 0 Å². The second kappa shape index (κ2) is 6.39. The van der Waals surface area contributed by atoms with Gasteiger partial charge < -0.3 is 15.6 Å². The average Bonchev–Trinajstić information content (AvgIpc) is 3.36. The molecule has 1 aromatic carbocycles. The lowest BCUT2D eigenvalue weighted by Crippen LogP contribution is -2.19. The van der Waals surface area contributed by atoms with Crippen LogP contribution in [-0.2, 0) is 0 Å². The Morgan fingerprint density at radius 3 is 2.74 bits per heavy atom. The van der Waals surface area contributed by atoms with E-state index >= 15 is 0 Å². The molecule has 0 aliphatic carbocycles. The predicted molar refractivity (Wildman–Crippen MR) is 108 cm³/mol. The zero-order valence-corrected chi connectivity index (χ0v) is 14.8. The molecule has 0 amide bonds. The van der Waals surface area contributed by atoms with E-state index in [1.54, 1.807) is 6.20 Å². The lowest BCUT2D eigenvalue weighted by atomic mass is 9.99. The minimum atomic E-state index is 0.276. The molecule has 1 saturated heterocycles. The number of fused-ring (bicyclic) bond motifs is 1. The average molecular weight is 356 g/mol. The lowest BCUT2D eigenvalue weighted by molar-refractivity contribution is 0.775. The molecule has 3 aromatic heterocycles. The third kappa shape index (κ3) is 2.79.